The van der Waals surface area contributed by atoms with E-state index in [1.807, 2.05) is 0 Å². The van der Waals surface area contributed by atoms with Gasteiger partial charge in [0.1, 0.15) is 6.61 Å². The first-order valence-electron chi connectivity index (χ1n) is 6.35. The molecule has 0 radical (unpaired) electrons. The molecule has 21 heavy (non-hydrogen) atoms. The third-order valence-electron chi connectivity index (χ3n) is 2.00. The Hall–Kier alpha value is -0.266. The molecule has 0 rings (SSSR count). The van der Waals surface area contributed by atoms with Gasteiger partial charge >= 0.3 is 11.8 Å². The Labute approximate surface area is 142 Å². The monoisotopic (exact) mass is 339 g/mol. The summed E-state index contributed by atoms with van der Waals surface area (Å²) in [6.07, 6.45) is -1.13. The van der Waals surface area contributed by atoms with Crippen LogP contribution >= 0.6 is 0 Å². The molecular weight excluding hydrogens is 312 g/mol. The molecule has 7 heteroatoms. The minimum atomic E-state index is -2.31. The number of Topliss-reactive ketones (excluding diaryl/α,β-unsaturated/α-hetero) is 1. The third kappa shape index (κ3) is 8.68. The number of hydrogen-bond donors (Lipinski definition) is 1. The maximum atomic E-state index is 12.1. The average Bonchev–Trinajstić information content (AvgIpc) is 2.22. The van der Waals surface area contributed by atoms with Gasteiger partial charge in [0.2, 0.25) is 5.78 Å². The smallest absolute Gasteiger partial charge is 0.373 e. The van der Waals surface area contributed by atoms with Crippen LogP contribution in [-0.2, 0) is 45.5 Å². The number of ketones is 1. The Morgan fingerprint density at radius 1 is 0.952 bits per heavy atom. The van der Waals surface area contributed by atoms with E-state index in [0.717, 1.165) is 0 Å². The number of carbonyl (C=O) groups excluding carboxylic acids is 1. The number of carboxylic acid groups (broad SMARTS) is 1. The van der Waals surface area contributed by atoms with Gasteiger partial charge in [-0.15, -0.1) is 0 Å². The number of ether oxygens (including phenoxy) is 3. The molecule has 0 spiro atoms. The molecular formula is C14H27O6Ti-. The second-order valence-corrected chi connectivity index (χ2v) is 5.04. The standard InChI is InChI=1S/C13H24O6.CH3.Ti/c1-8(2)17-7-11(14)13(12(15)16,18-9(3)4)19-10(5)6;;/h8-10H,7H2,1-6H3,(H,15,16);1H3;/q;-1;. The number of carboxylic acids is 1. The van der Waals surface area contributed by atoms with Gasteiger partial charge in [0.15, 0.2) is 0 Å². The van der Waals surface area contributed by atoms with E-state index in [2.05, 4.69) is 0 Å². The summed E-state index contributed by atoms with van der Waals surface area (Å²) in [5.74, 6) is -4.53. The fourth-order valence-corrected chi connectivity index (χ4v) is 1.38. The molecule has 0 atom stereocenters. The molecule has 0 fully saturated rings. The first-order chi connectivity index (χ1) is 8.61. The summed E-state index contributed by atoms with van der Waals surface area (Å²) < 4.78 is 15.7. The minimum absolute atomic E-state index is 0. The van der Waals surface area contributed by atoms with Crippen molar-refractivity contribution in [3.8, 4) is 0 Å². The molecule has 0 aliphatic rings. The van der Waals surface area contributed by atoms with Gasteiger partial charge < -0.3 is 26.7 Å². The molecule has 0 aromatic carbocycles. The first-order valence-corrected chi connectivity index (χ1v) is 6.35. The second kappa shape index (κ2) is 11.3. The summed E-state index contributed by atoms with van der Waals surface area (Å²) in [5, 5.41) is 9.33. The number of rotatable bonds is 9. The van der Waals surface area contributed by atoms with Gasteiger partial charge in [-0.05, 0) is 41.5 Å². The summed E-state index contributed by atoms with van der Waals surface area (Å²) in [4.78, 5) is 23.6. The summed E-state index contributed by atoms with van der Waals surface area (Å²) >= 11 is 0. The topological polar surface area (TPSA) is 82.1 Å². The van der Waals surface area contributed by atoms with Gasteiger partial charge in [0.05, 0.1) is 18.3 Å². The molecule has 6 nitrogen and oxygen atoms in total. The van der Waals surface area contributed by atoms with E-state index in [4.69, 9.17) is 14.2 Å². The zero-order chi connectivity index (χ0) is 15.2. The number of aliphatic carboxylic acids is 1. The van der Waals surface area contributed by atoms with Crippen LogP contribution in [0.2, 0.25) is 0 Å². The van der Waals surface area contributed by atoms with Crippen molar-refractivity contribution in [3.05, 3.63) is 7.43 Å². The molecule has 0 aliphatic carbocycles. The average molecular weight is 339 g/mol. The third-order valence-corrected chi connectivity index (χ3v) is 2.00. The summed E-state index contributed by atoms with van der Waals surface area (Å²) in [6.45, 7) is 9.68. The maximum absolute atomic E-state index is 12.1. The minimum Gasteiger partial charge on any atom is -0.477 e. The first kappa shape index (κ1) is 25.7. The number of hydrogen-bond acceptors (Lipinski definition) is 5. The molecule has 0 aromatic rings. The fourth-order valence-electron chi connectivity index (χ4n) is 1.38. The van der Waals surface area contributed by atoms with Crippen LogP contribution in [0.5, 0.6) is 0 Å². The zero-order valence-corrected chi connectivity index (χ0v) is 15.5. The van der Waals surface area contributed by atoms with E-state index in [0.29, 0.717) is 0 Å². The van der Waals surface area contributed by atoms with Crippen LogP contribution < -0.4 is 0 Å². The molecule has 0 saturated carbocycles. The predicted molar refractivity (Wildman–Crippen MR) is 75.3 cm³/mol. The van der Waals surface area contributed by atoms with Crippen LogP contribution in [0.25, 0.3) is 0 Å². The molecule has 124 valence electrons. The van der Waals surface area contributed by atoms with Crippen molar-refractivity contribution in [1.29, 1.82) is 0 Å². The Kier molecular flexibility index (Phi) is 13.8. The molecule has 0 saturated heterocycles. The van der Waals surface area contributed by atoms with Crippen LogP contribution in [0.4, 0.5) is 0 Å². The SMILES string of the molecule is CC(C)OCC(=O)C(OC(C)C)(OC(C)C)C(=O)O.[CH3-].[Ti]. The van der Waals surface area contributed by atoms with Gasteiger partial charge in [-0.2, -0.15) is 0 Å². The summed E-state index contributed by atoms with van der Waals surface area (Å²) in [5.41, 5.74) is 0. The van der Waals surface area contributed by atoms with Gasteiger partial charge in [0.25, 0.3) is 0 Å². The van der Waals surface area contributed by atoms with Gasteiger partial charge in [-0.3, -0.25) is 4.79 Å². The fraction of sp³-hybridized carbons (Fsp3) is 0.786. The van der Waals surface area contributed by atoms with Crippen molar-refractivity contribution in [1.82, 2.24) is 0 Å². The van der Waals surface area contributed by atoms with Crippen LogP contribution in [0.1, 0.15) is 41.5 Å². The van der Waals surface area contributed by atoms with E-state index in [-0.39, 0.29) is 41.9 Å². The Bertz CT molecular complexity index is 305. The molecule has 0 unspecified atom stereocenters. The van der Waals surface area contributed by atoms with Gasteiger partial charge in [-0.1, -0.05) is 0 Å². The van der Waals surface area contributed by atoms with Gasteiger partial charge in [0, 0.05) is 21.7 Å². The van der Waals surface area contributed by atoms with E-state index < -0.39 is 29.7 Å². The normalized spacial score (nSPS) is 11.3. The van der Waals surface area contributed by atoms with Crippen molar-refractivity contribution >= 4 is 11.8 Å². The second-order valence-electron chi connectivity index (χ2n) is 5.04. The quantitative estimate of drug-likeness (QED) is 0.300. The largest absolute Gasteiger partial charge is 0.477 e. The summed E-state index contributed by atoms with van der Waals surface area (Å²) in [6, 6.07) is 0. The van der Waals surface area contributed by atoms with Crippen molar-refractivity contribution < 1.29 is 50.6 Å². The van der Waals surface area contributed by atoms with E-state index in [1.54, 1.807) is 41.5 Å². The van der Waals surface area contributed by atoms with Gasteiger partial charge in [-0.25, -0.2) is 4.79 Å². The molecule has 0 bridgehead atoms. The Morgan fingerprint density at radius 3 is 1.57 bits per heavy atom. The van der Waals surface area contributed by atoms with E-state index >= 15 is 0 Å². The molecule has 0 aromatic heterocycles. The van der Waals surface area contributed by atoms with Crippen LogP contribution in [0.15, 0.2) is 0 Å². The van der Waals surface area contributed by atoms with Crippen molar-refractivity contribution in [2.24, 2.45) is 0 Å². The molecule has 0 heterocycles. The van der Waals surface area contributed by atoms with Crippen LogP contribution in [0.3, 0.4) is 0 Å². The maximum Gasteiger partial charge on any atom is 0.373 e. The predicted octanol–water partition coefficient (Wildman–Crippen LogP) is 2.06. The zero-order valence-electron chi connectivity index (χ0n) is 13.9. The Balaban J connectivity index is -0.00000162. The van der Waals surface area contributed by atoms with Crippen LogP contribution in [-0.4, -0.2) is 47.6 Å². The molecule has 1 N–H and O–H groups in total. The van der Waals surface area contributed by atoms with E-state index in [1.165, 1.54) is 0 Å². The van der Waals surface area contributed by atoms with Crippen molar-refractivity contribution in [2.45, 2.75) is 65.6 Å². The van der Waals surface area contributed by atoms with Crippen molar-refractivity contribution in [2.75, 3.05) is 6.61 Å². The van der Waals surface area contributed by atoms with E-state index in [9.17, 15) is 14.7 Å². The Morgan fingerprint density at radius 2 is 1.33 bits per heavy atom. The van der Waals surface area contributed by atoms with Crippen molar-refractivity contribution in [3.63, 3.8) is 0 Å². The summed E-state index contributed by atoms with van der Waals surface area (Å²) in [7, 11) is 0. The molecule has 0 aliphatic heterocycles. The molecule has 0 amide bonds. The van der Waals surface area contributed by atoms with Crippen LogP contribution in [0, 0.1) is 7.43 Å². The number of carbonyl (C=O) groups is 2.